The van der Waals surface area contributed by atoms with Crippen molar-refractivity contribution in [2.75, 3.05) is 5.32 Å². The number of fused-ring (bicyclic) bond motifs is 2. The lowest BCUT2D eigenvalue weighted by Gasteiger charge is -2.09. The molecule has 1 amide bonds. The van der Waals surface area contributed by atoms with E-state index in [-0.39, 0.29) is 11.8 Å². The average Bonchev–Trinajstić information content (AvgIpc) is 3.53. The quantitative estimate of drug-likeness (QED) is 0.331. The Hall–Kier alpha value is -4.99. The molecular weight excluding hydrogens is 454 g/mol. The first-order valence-corrected chi connectivity index (χ1v) is 11.4. The zero-order valence-electron chi connectivity index (χ0n) is 19.5. The zero-order valence-corrected chi connectivity index (χ0v) is 19.5. The summed E-state index contributed by atoms with van der Waals surface area (Å²) in [5.74, 6) is 0.377. The number of aromatic amines is 2. The maximum absolute atomic E-state index is 12.1. The monoisotopic (exact) mass is 475 g/mol. The number of anilines is 1. The molecule has 6 rings (SSSR count). The van der Waals surface area contributed by atoms with Crippen molar-refractivity contribution < 1.29 is 4.79 Å². The van der Waals surface area contributed by atoms with Crippen LogP contribution in [0.3, 0.4) is 0 Å². The fourth-order valence-electron chi connectivity index (χ4n) is 3.95. The largest absolute Gasteiger partial charge is 0.324 e. The van der Waals surface area contributed by atoms with Crippen LogP contribution in [0.15, 0.2) is 67.4 Å². The molecular formula is C26H21N9O. The molecule has 10 nitrogen and oxygen atoms in total. The maximum Gasteiger partial charge on any atom is 0.226 e. The minimum Gasteiger partial charge on any atom is -0.324 e. The highest BCUT2D eigenvalue weighted by Crippen LogP contribution is 2.31. The molecule has 6 aromatic rings. The number of nitrogens with one attached hydrogen (secondary N) is 3. The molecule has 176 valence electrons. The highest BCUT2D eigenvalue weighted by molar-refractivity contribution is 5.96. The number of hydrogen-bond donors (Lipinski definition) is 3. The van der Waals surface area contributed by atoms with Crippen molar-refractivity contribution in [3.05, 3.63) is 67.4 Å². The maximum atomic E-state index is 12.1. The molecule has 10 heteroatoms. The van der Waals surface area contributed by atoms with Crippen LogP contribution >= 0.6 is 0 Å². The summed E-state index contributed by atoms with van der Waals surface area (Å²) in [5.41, 5.74) is 6.60. The SMILES string of the molecule is CC(C)C(=O)Nc1cncc(-c2cnc3[nH]nc(-c4nc5c(-c6ccccn6)ccnc5[nH]4)c3c2)c1. The first-order chi connectivity index (χ1) is 17.6. The van der Waals surface area contributed by atoms with Gasteiger partial charge in [-0.25, -0.2) is 15.0 Å². The second-order valence-corrected chi connectivity index (χ2v) is 8.65. The van der Waals surface area contributed by atoms with Gasteiger partial charge in [0.15, 0.2) is 17.1 Å². The van der Waals surface area contributed by atoms with Gasteiger partial charge < -0.3 is 10.3 Å². The normalized spacial score (nSPS) is 11.4. The van der Waals surface area contributed by atoms with E-state index < -0.39 is 0 Å². The Balaban J connectivity index is 1.41. The number of aromatic nitrogens is 8. The van der Waals surface area contributed by atoms with Crippen LogP contribution in [0.4, 0.5) is 5.69 Å². The Morgan fingerprint density at radius 2 is 1.83 bits per heavy atom. The van der Waals surface area contributed by atoms with Crippen LogP contribution in [0.1, 0.15) is 13.8 Å². The highest BCUT2D eigenvalue weighted by atomic mass is 16.1. The van der Waals surface area contributed by atoms with Crippen LogP contribution in [0.25, 0.3) is 56.1 Å². The van der Waals surface area contributed by atoms with E-state index in [1.54, 1.807) is 31.0 Å². The Morgan fingerprint density at radius 3 is 2.67 bits per heavy atom. The van der Waals surface area contributed by atoms with Gasteiger partial charge in [0.05, 0.1) is 23.0 Å². The Morgan fingerprint density at radius 1 is 0.944 bits per heavy atom. The topological polar surface area (TPSA) is 138 Å². The van der Waals surface area contributed by atoms with Crippen LogP contribution in [-0.4, -0.2) is 46.0 Å². The number of nitrogens with zero attached hydrogens (tertiary/aromatic N) is 6. The van der Waals surface area contributed by atoms with Crippen LogP contribution < -0.4 is 5.32 Å². The standard InChI is InChI=1S/C26H21N9O/c1-14(2)26(36)31-17-9-15(11-27-13-17)16-10-19-22(34-35-23(19)30-12-16)25-32-21-18(6-8-29-24(21)33-25)20-5-3-4-7-28-20/h3-14H,1-2H3,(H,31,36)(H,29,32,33)(H,30,34,35). The number of imidazole rings is 1. The predicted octanol–water partition coefficient (Wildman–Crippen LogP) is 4.61. The molecule has 0 fully saturated rings. The van der Waals surface area contributed by atoms with Crippen molar-refractivity contribution in [2.45, 2.75) is 13.8 Å². The number of hydrogen-bond acceptors (Lipinski definition) is 7. The summed E-state index contributed by atoms with van der Waals surface area (Å²) < 4.78 is 0. The smallest absolute Gasteiger partial charge is 0.226 e. The number of amides is 1. The van der Waals surface area contributed by atoms with Crippen molar-refractivity contribution in [3.63, 3.8) is 0 Å². The number of pyridine rings is 4. The van der Waals surface area contributed by atoms with Gasteiger partial charge in [0, 0.05) is 47.4 Å². The minimum atomic E-state index is -0.128. The zero-order chi connectivity index (χ0) is 24.6. The molecule has 0 saturated carbocycles. The highest BCUT2D eigenvalue weighted by Gasteiger charge is 2.17. The van der Waals surface area contributed by atoms with E-state index in [9.17, 15) is 4.79 Å². The summed E-state index contributed by atoms with van der Waals surface area (Å²) >= 11 is 0. The second-order valence-electron chi connectivity index (χ2n) is 8.65. The summed E-state index contributed by atoms with van der Waals surface area (Å²) in [6.45, 7) is 3.69. The van der Waals surface area contributed by atoms with E-state index in [0.717, 1.165) is 27.8 Å². The summed E-state index contributed by atoms with van der Waals surface area (Å²) in [5, 5.41) is 11.1. The van der Waals surface area contributed by atoms with Crippen LogP contribution in [-0.2, 0) is 4.79 Å². The summed E-state index contributed by atoms with van der Waals surface area (Å²) in [7, 11) is 0. The van der Waals surface area contributed by atoms with E-state index in [2.05, 4.69) is 40.4 Å². The van der Waals surface area contributed by atoms with Gasteiger partial charge in [-0.1, -0.05) is 19.9 Å². The lowest BCUT2D eigenvalue weighted by Crippen LogP contribution is -2.17. The number of carbonyl (C=O) groups is 1. The van der Waals surface area contributed by atoms with Gasteiger partial charge >= 0.3 is 0 Å². The lowest BCUT2D eigenvalue weighted by molar-refractivity contribution is -0.118. The van der Waals surface area contributed by atoms with Gasteiger partial charge in [-0.2, -0.15) is 5.10 Å². The number of H-pyrrole nitrogens is 2. The fourth-order valence-corrected chi connectivity index (χ4v) is 3.95. The fraction of sp³-hybridized carbons (Fsp3) is 0.115. The lowest BCUT2D eigenvalue weighted by atomic mass is 10.1. The Bertz CT molecular complexity index is 1720. The van der Waals surface area contributed by atoms with Crippen molar-refractivity contribution in [1.82, 2.24) is 40.1 Å². The molecule has 0 atom stereocenters. The van der Waals surface area contributed by atoms with Gasteiger partial charge in [0.2, 0.25) is 5.91 Å². The first-order valence-electron chi connectivity index (χ1n) is 11.4. The summed E-state index contributed by atoms with van der Waals surface area (Å²) in [6, 6.07) is 11.5. The molecule has 0 aliphatic heterocycles. The van der Waals surface area contributed by atoms with Crippen molar-refractivity contribution in [3.8, 4) is 33.9 Å². The van der Waals surface area contributed by atoms with Crippen LogP contribution in [0.2, 0.25) is 0 Å². The molecule has 3 N–H and O–H groups in total. The molecule has 0 spiro atoms. The van der Waals surface area contributed by atoms with E-state index in [4.69, 9.17) is 4.98 Å². The van der Waals surface area contributed by atoms with Gasteiger partial charge in [-0.15, -0.1) is 0 Å². The third kappa shape index (κ3) is 3.84. The number of carbonyl (C=O) groups excluding carboxylic acids is 1. The summed E-state index contributed by atoms with van der Waals surface area (Å²) in [4.78, 5) is 37.9. The second kappa shape index (κ2) is 8.66. The molecule has 0 saturated heterocycles. The predicted molar refractivity (Wildman–Crippen MR) is 137 cm³/mol. The average molecular weight is 476 g/mol. The van der Waals surface area contributed by atoms with E-state index >= 15 is 0 Å². The van der Waals surface area contributed by atoms with Gasteiger partial charge in [0.25, 0.3) is 0 Å². The molecule has 0 radical (unpaired) electrons. The molecule has 6 aromatic heterocycles. The van der Waals surface area contributed by atoms with E-state index in [1.807, 2.05) is 50.2 Å². The first kappa shape index (κ1) is 21.5. The number of rotatable bonds is 5. The Kier molecular flexibility index (Phi) is 5.18. The van der Waals surface area contributed by atoms with Crippen molar-refractivity contribution >= 4 is 33.8 Å². The molecule has 0 aromatic carbocycles. The Labute approximate surface area is 205 Å². The molecule has 0 aliphatic carbocycles. The molecule has 6 heterocycles. The van der Waals surface area contributed by atoms with E-state index in [1.165, 1.54) is 0 Å². The van der Waals surface area contributed by atoms with Crippen molar-refractivity contribution in [1.29, 1.82) is 0 Å². The molecule has 0 aliphatic rings. The molecule has 36 heavy (non-hydrogen) atoms. The van der Waals surface area contributed by atoms with Crippen molar-refractivity contribution in [2.24, 2.45) is 5.92 Å². The summed E-state index contributed by atoms with van der Waals surface area (Å²) in [6.07, 6.45) is 8.59. The van der Waals surface area contributed by atoms with Crippen LogP contribution in [0.5, 0.6) is 0 Å². The minimum absolute atomic E-state index is 0.0665. The van der Waals surface area contributed by atoms with Gasteiger partial charge in [-0.3, -0.25) is 19.9 Å². The third-order valence-corrected chi connectivity index (χ3v) is 5.83. The van der Waals surface area contributed by atoms with Gasteiger partial charge in [-0.05, 0) is 30.3 Å². The molecule has 0 unspecified atom stereocenters. The van der Waals surface area contributed by atoms with Gasteiger partial charge in [0.1, 0.15) is 11.2 Å². The third-order valence-electron chi connectivity index (χ3n) is 5.83. The van der Waals surface area contributed by atoms with Crippen LogP contribution in [0, 0.1) is 5.92 Å². The molecule has 0 bridgehead atoms. The van der Waals surface area contributed by atoms with E-state index in [0.29, 0.717) is 34.0 Å².